The molecule has 1 aliphatic heterocycles. The van der Waals surface area contributed by atoms with Crippen LogP contribution in [0, 0.1) is 5.92 Å². The fourth-order valence-electron chi connectivity index (χ4n) is 1.07. The Labute approximate surface area is 72.9 Å². The lowest BCUT2D eigenvalue weighted by molar-refractivity contribution is 0.129. The first-order valence-corrected chi connectivity index (χ1v) is 4.90. The number of hydrogen-bond donors (Lipinski definition) is 1. The Hall–Kier alpha value is 0.0500. The van der Waals surface area contributed by atoms with Gasteiger partial charge >= 0.3 is 0 Å². The van der Waals surface area contributed by atoms with Gasteiger partial charge in [-0.15, -0.1) is 11.8 Å². The average Bonchev–Trinajstić information content (AvgIpc) is 2.11. The third kappa shape index (κ3) is 2.00. The molecule has 1 aliphatic rings. The highest BCUT2D eigenvalue weighted by atomic mass is 32.2. The molecule has 0 spiro atoms. The minimum atomic E-state index is -0.635. The lowest BCUT2D eigenvalue weighted by Crippen LogP contribution is -2.19. The summed E-state index contributed by atoms with van der Waals surface area (Å²) in [5.74, 6) is 0.599. The zero-order chi connectivity index (χ0) is 8.65. The molecule has 2 heteroatoms. The maximum absolute atomic E-state index is 9.66. The van der Waals surface area contributed by atoms with E-state index in [1.165, 1.54) is 0 Å². The van der Waals surface area contributed by atoms with Gasteiger partial charge in [-0.05, 0) is 19.8 Å². The zero-order valence-electron chi connectivity index (χ0n) is 7.59. The molecule has 64 valence electrons. The van der Waals surface area contributed by atoms with Crippen LogP contribution in [0.4, 0.5) is 0 Å². The monoisotopic (exact) mass is 172 g/mol. The van der Waals surface area contributed by atoms with Crippen molar-refractivity contribution >= 4 is 11.8 Å². The van der Waals surface area contributed by atoms with Crippen molar-refractivity contribution in [3.8, 4) is 0 Å². The Kier molecular flexibility index (Phi) is 2.35. The molecule has 0 aromatic carbocycles. The number of hydrogen-bond acceptors (Lipinski definition) is 2. The second-order valence-corrected chi connectivity index (χ2v) is 5.19. The summed E-state index contributed by atoms with van der Waals surface area (Å²) in [7, 11) is 0. The fourth-order valence-corrected chi connectivity index (χ4v) is 2.34. The van der Waals surface area contributed by atoms with Crippen molar-refractivity contribution in [2.75, 3.05) is 0 Å². The van der Waals surface area contributed by atoms with Crippen molar-refractivity contribution in [1.29, 1.82) is 0 Å². The van der Waals surface area contributed by atoms with E-state index in [4.69, 9.17) is 0 Å². The quantitative estimate of drug-likeness (QED) is 0.655. The predicted octanol–water partition coefficient (Wildman–Crippen LogP) is 2.41. The molecule has 0 fully saturated rings. The highest BCUT2D eigenvalue weighted by Crippen LogP contribution is 2.41. The minimum Gasteiger partial charge on any atom is -0.385 e. The molecular weight excluding hydrogens is 156 g/mol. The van der Waals surface area contributed by atoms with Gasteiger partial charge in [0, 0.05) is 10.2 Å². The summed E-state index contributed by atoms with van der Waals surface area (Å²) >= 11 is 1.79. The van der Waals surface area contributed by atoms with E-state index in [-0.39, 0.29) is 0 Å². The van der Waals surface area contributed by atoms with E-state index >= 15 is 0 Å². The van der Waals surface area contributed by atoms with Crippen molar-refractivity contribution < 1.29 is 5.11 Å². The molecule has 0 aromatic heterocycles. The maximum atomic E-state index is 9.66. The van der Waals surface area contributed by atoms with E-state index < -0.39 is 5.60 Å². The van der Waals surface area contributed by atoms with Crippen LogP contribution in [-0.4, -0.2) is 16.0 Å². The van der Waals surface area contributed by atoms with Crippen molar-refractivity contribution in [3.63, 3.8) is 0 Å². The molecule has 0 aliphatic carbocycles. The molecule has 0 amide bonds. The van der Waals surface area contributed by atoms with Gasteiger partial charge in [0.1, 0.15) is 0 Å². The van der Waals surface area contributed by atoms with E-state index in [0.29, 0.717) is 11.2 Å². The topological polar surface area (TPSA) is 20.2 Å². The standard InChI is InChI=1S/C9H16OS/c1-6-5-8(9(3,4)10)11-7(6)2/h5-7,10H,1-4H3. The summed E-state index contributed by atoms with van der Waals surface area (Å²) in [6, 6.07) is 0. The first-order valence-electron chi connectivity index (χ1n) is 4.02. The van der Waals surface area contributed by atoms with Crippen LogP contribution in [-0.2, 0) is 0 Å². The smallest absolute Gasteiger partial charge is 0.0895 e. The number of rotatable bonds is 1. The Morgan fingerprint density at radius 1 is 1.45 bits per heavy atom. The van der Waals surface area contributed by atoms with Crippen LogP contribution in [0.1, 0.15) is 27.7 Å². The third-order valence-corrected chi connectivity index (χ3v) is 3.76. The summed E-state index contributed by atoms with van der Waals surface area (Å²) in [5.41, 5.74) is -0.635. The van der Waals surface area contributed by atoms with Crippen LogP contribution in [0.3, 0.4) is 0 Å². The highest BCUT2D eigenvalue weighted by Gasteiger charge is 2.29. The first-order chi connectivity index (χ1) is 4.91. The Bertz CT molecular complexity index is 178. The minimum absolute atomic E-state index is 0.599. The van der Waals surface area contributed by atoms with Gasteiger partial charge in [-0.1, -0.05) is 19.9 Å². The molecule has 1 N–H and O–H groups in total. The van der Waals surface area contributed by atoms with E-state index in [0.717, 1.165) is 4.91 Å². The average molecular weight is 172 g/mol. The van der Waals surface area contributed by atoms with Gasteiger partial charge in [0.05, 0.1) is 5.60 Å². The second kappa shape index (κ2) is 2.83. The normalized spacial score (nSPS) is 32.3. The van der Waals surface area contributed by atoms with Gasteiger partial charge < -0.3 is 5.11 Å². The second-order valence-electron chi connectivity index (χ2n) is 3.77. The summed E-state index contributed by atoms with van der Waals surface area (Å²) in [4.78, 5) is 1.12. The van der Waals surface area contributed by atoms with Crippen LogP contribution >= 0.6 is 11.8 Å². The van der Waals surface area contributed by atoms with Gasteiger partial charge in [-0.2, -0.15) is 0 Å². The molecule has 1 heterocycles. The molecule has 0 saturated carbocycles. The highest BCUT2D eigenvalue weighted by molar-refractivity contribution is 8.04. The first kappa shape index (κ1) is 9.14. The van der Waals surface area contributed by atoms with E-state index in [2.05, 4.69) is 19.9 Å². The lowest BCUT2D eigenvalue weighted by Gasteiger charge is -2.18. The van der Waals surface area contributed by atoms with Gasteiger partial charge in [0.15, 0.2) is 0 Å². The molecule has 11 heavy (non-hydrogen) atoms. The molecule has 0 radical (unpaired) electrons. The largest absolute Gasteiger partial charge is 0.385 e. The number of aliphatic hydroxyl groups is 1. The SMILES string of the molecule is CC1C=C(C(C)(C)O)SC1C. The van der Waals surface area contributed by atoms with Gasteiger partial charge in [-0.3, -0.25) is 0 Å². The van der Waals surface area contributed by atoms with Crippen molar-refractivity contribution in [2.45, 2.75) is 38.5 Å². The Morgan fingerprint density at radius 2 is 2.00 bits per heavy atom. The summed E-state index contributed by atoms with van der Waals surface area (Å²) in [6.45, 7) is 8.08. The van der Waals surface area contributed by atoms with E-state index in [9.17, 15) is 5.11 Å². The van der Waals surface area contributed by atoms with Gasteiger partial charge in [-0.25, -0.2) is 0 Å². The van der Waals surface area contributed by atoms with Crippen molar-refractivity contribution in [3.05, 3.63) is 11.0 Å². The molecule has 1 rings (SSSR count). The summed E-state index contributed by atoms with van der Waals surface area (Å²) < 4.78 is 0. The van der Waals surface area contributed by atoms with Crippen LogP contribution in [0.2, 0.25) is 0 Å². The molecular formula is C9H16OS. The summed E-state index contributed by atoms with van der Waals surface area (Å²) in [6.07, 6.45) is 2.18. The van der Waals surface area contributed by atoms with Gasteiger partial charge in [0.25, 0.3) is 0 Å². The number of thioether (sulfide) groups is 1. The van der Waals surface area contributed by atoms with E-state index in [1.54, 1.807) is 11.8 Å². The van der Waals surface area contributed by atoms with Crippen LogP contribution in [0.15, 0.2) is 11.0 Å². The molecule has 0 aromatic rings. The maximum Gasteiger partial charge on any atom is 0.0895 e. The third-order valence-electron chi connectivity index (χ3n) is 2.07. The van der Waals surface area contributed by atoms with Crippen LogP contribution in [0.5, 0.6) is 0 Å². The Balaban J connectivity index is 2.71. The van der Waals surface area contributed by atoms with Gasteiger partial charge in [0.2, 0.25) is 0 Å². The molecule has 2 unspecified atom stereocenters. The van der Waals surface area contributed by atoms with E-state index in [1.807, 2.05) is 13.8 Å². The summed E-state index contributed by atoms with van der Waals surface area (Å²) in [5, 5.41) is 10.3. The molecule has 2 atom stereocenters. The lowest BCUT2D eigenvalue weighted by atomic mass is 10.0. The fraction of sp³-hybridized carbons (Fsp3) is 0.778. The number of allylic oxidation sites excluding steroid dienone is 1. The van der Waals surface area contributed by atoms with Crippen LogP contribution < -0.4 is 0 Å². The molecule has 1 nitrogen and oxygen atoms in total. The predicted molar refractivity (Wildman–Crippen MR) is 50.6 cm³/mol. The molecule has 0 bridgehead atoms. The van der Waals surface area contributed by atoms with Crippen LogP contribution in [0.25, 0.3) is 0 Å². The zero-order valence-corrected chi connectivity index (χ0v) is 8.40. The molecule has 0 saturated heterocycles. The van der Waals surface area contributed by atoms with Crippen molar-refractivity contribution in [1.82, 2.24) is 0 Å². The van der Waals surface area contributed by atoms with Crippen molar-refractivity contribution in [2.24, 2.45) is 5.92 Å². The Morgan fingerprint density at radius 3 is 2.18 bits per heavy atom.